The lowest BCUT2D eigenvalue weighted by molar-refractivity contribution is 0.0415. The highest BCUT2D eigenvalue weighted by Gasteiger charge is 2.45. The van der Waals surface area contributed by atoms with E-state index in [1.165, 1.54) is 0 Å². The molecule has 3 aromatic rings. The summed E-state index contributed by atoms with van der Waals surface area (Å²) in [4.78, 5) is 11.1. The first-order chi connectivity index (χ1) is 14.3. The van der Waals surface area contributed by atoms with Crippen LogP contribution in [0.15, 0.2) is 30.6 Å². The van der Waals surface area contributed by atoms with E-state index in [1.54, 1.807) is 6.33 Å². The van der Waals surface area contributed by atoms with Crippen molar-refractivity contribution in [1.29, 1.82) is 0 Å². The first-order valence-electron chi connectivity index (χ1n) is 10.2. The smallest absolute Gasteiger partial charge is 0.132 e. The van der Waals surface area contributed by atoms with Crippen molar-refractivity contribution in [2.24, 2.45) is 0 Å². The molecule has 0 bridgehead atoms. The van der Waals surface area contributed by atoms with Crippen molar-refractivity contribution in [1.82, 2.24) is 20.2 Å². The molecule has 152 valence electrons. The third kappa shape index (κ3) is 3.77. The quantitative estimate of drug-likeness (QED) is 0.658. The molecule has 0 amide bonds. The minimum atomic E-state index is -0.175. The number of benzene rings is 1. The zero-order chi connectivity index (χ0) is 19.7. The Hall–Kier alpha value is -2.71. The molecule has 2 aliphatic rings. The van der Waals surface area contributed by atoms with Gasteiger partial charge in [-0.2, -0.15) is 5.10 Å². The highest BCUT2D eigenvalue weighted by Crippen LogP contribution is 2.41. The first kappa shape index (κ1) is 18.3. The SMILES string of the molecule is CCOCC1(Oc2ccc3[nH]nc(-c4cc(N5CCOCC5)ncn4)c3c2)CC1. The van der Waals surface area contributed by atoms with Gasteiger partial charge >= 0.3 is 0 Å². The Bertz CT molecular complexity index is 995. The number of ether oxygens (including phenoxy) is 3. The average molecular weight is 395 g/mol. The summed E-state index contributed by atoms with van der Waals surface area (Å²) in [5.74, 6) is 1.73. The second-order valence-electron chi connectivity index (χ2n) is 7.56. The largest absolute Gasteiger partial charge is 0.485 e. The topological polar surface area (TPSA) is 85.4 Å². The van der Waals surface area contributed by atoms with Gasteiger partial charge in [0.15, 0.2) is 0 Å². The van der Waals surface area contributed by atoms with Crippen molar-refractivity contribution in [2.45, 2.75) is 25.4 Å². The summed E-state index contributed by atoms with van der Waals surface area (Å²) in [6.45, 7) is 6.44. The number of H-pyrrole nitrogens is 1. The van der Waals surface area contributed by atoms with E-state index < -0.39 is 0 Å². The summed E-state index contributed by atoms with van der Waals surface area (Å²) in [6, 6.07) is 8.01. The molecule has 0 atom stereocenters. The predicted octanol–water partition coefficient (Wildman–Crippen LogP) is 2.80. The molecule has 1 aliphatic heterocycles. The van der Waals surface area contributed by atoms with Gasteiger partial charge in [-0.15, -0.1) is 0 Å². The average Bonchev–Trinajstić information content (AvgIpc) is 3.40. The Morgan fingerprint density at radius 1 is 1.17 bits per heavy atom. The molecule has 5 rings (SSSR count). The number of nitrogens with zero attached hydrogens (tertiary/aromatic N) is 4. The number of morpholine rings is 1. The fourth-order valence-corrected chi connectivity index (χ4v) is 3.65. The number of hydrogen-bond acceptors (Lipinski definition) is 7. The molecule has 1 N–H and O–H groups in total. The Morgan fingerprint density at radius 2 is 2.03 bits per heavy atom. The molecule has 1 aliphatic carbocycles. The monoisotopic (exact) mass is 395 g/mol. The number of fused-ring (bicyclic) bond motifs is 1. The number of anilines is 1. The summed E-state index contributed by atoms with van der Waals surface area (Å²) >= 11 is 0. The minimum Gasteiger partial charge on any atom is -0.485 e. The molecule has 29 heavy (non-hydrogen) atoms. The van der Waals surface area contributed by atoms with Crippen LogP contribution in [0.2, 0.25) is 0 Å². The lowest BCUT2D eigenvalue weighted by Gasteiger charge is -2.27. The van der Waals surface area contributed by atoms with Crippen LogP contribution in [0.3, 0.4) is 0 Å². The van der Waals surface area contributed by atoms with Gasteiger partial charge in [-0.1, -0.05) is 0 Å². The molecular formula is C21H25N5O3. The van der Waals surface area contributed by atoms with Crippen molar-refractivity contribution >= 4 is 16.7 Å². The zero-order valence-corrected chi connectivity index (χ0v) is 16.6. The maximum atomic E-state index is 6.28. The highest BCUT2D eigenvalue weighted by molar-refractivity contribution is 5.93. The van der Waals surface area contributed by atoms with E-state index in [0.29, 0.717) is 13.2 Å². The van der Waals surface area contributed by atoms with Crippen LogP contribution in [0.5, 0.6) is 5.75 Å². The van der Waals surface area contributed by atoms with Crippen LogP contribution in [0.1, 0.15) is 19.8 Å². The number of rotatable bonds is 7. The third-order valence-corrected chi connectivity index (χ3v) is 5.48. The highest BCUT2D eigenvalue weighted by atomic mass is 16.5. The number of aromatic amines is 1. The van der Waals surface area contributed by atoms with E-state index in [9.17, 15) is 0 Å². The number of hydrogen-bond donors (Lipinski definition) is 1. The Balaban J connectivity index is 1.43. The van der Waals surface area contributed by atoms with Crippen LogP contribution in [0.25, 0.3) is 22.3 Å². The lowest BCUT2D eigenvalue weighted by Crippen LogP contribution is -2.36. The van der Waals surface area contributed by atoms with Crippen molar-refractivity contribution in [3.05, 3.63) is 30.6 Å². The van der Waals surface area contributed by atoms with E-state index in [4.69, 9.17) is 14.2 Å². The van der Waals surface area contributed by atoms with Crippen LogP contribution >= 0.6 is 0 Å². The molecule has 2 aromatic heterocycles. The maximum Gasteiger partial charge on any atom is 0.132 e. The van der Waals surface area contributed by atoms with E-state index in [-0.39, 0.29) is 5.60 Å². The minimum absolute atomic E-state index is 0.175. The van der Waals surface area contributed by atoms with Gasteiger partial charge in [-0.25, -0.2) is 9.97 Å². The molecule has 1 saturated heterocycles. The molecular weight excluding hydrogens is 370 g/mol. The summed E-state index contributed by atoms with van der Waals surface area (Å²) in [6.07, 6.45) is 3.65. The summed E-state index contributed by atoms with van der Waals surface area (Å²) in [5, 5.41) is 8.60. The van der Waals surface area contributed by atoms with Crippen LogP contribution in [-0.4, -0.2) is 65.3 Å². The van der Waals surface area contributed by atoms with Crippen molar-refractivity contribution in [2.75, 3.05) is 44.4 Å². The molecule has 3 heterocycles. The fourth-order valence-electron chi connectivity index (χ4n) is 3.65. The molecule has 1 saturated carbocycles. The van der Waals surface area contributed by atoms with Gasteiger partial charge in [-0.3, -0.25) is 5.10 Å². The lowest BCUT2D eigenvalue weighted by atomic mass is 10.1. The van der Waals surface area contributed by atoms with Gasteiger partial charge in [0.05, 0.1) is 31.0 Å². The van der Waals surface area contributed by atoms with Gasteiger partial charge in [0.2, 0.25) is 0 Å². The Morgan fingerprint density at radius 3 is 2.83 bits per heavy atom. The summed E-state index contributed by atoms with van der Waals surface area (Å²) in [5.41, 5.74) is 2.37. The third-order valence-electron chi connectivity index (χ3n) is 5.48. The Labute approximate surface area is 169 Å². The predicted molar refractivity (Wildman–Crippen MR) is 109 cm³/mol. The van der Waals surface area contributed by atoms with Gasteiger partial charge in [0.1, 0.15) is 29.2 Å². The maximum absolute atomic E-state index is 6.28. The molecule has 2 fully saturated rings. The van der Waals surface area contributed by atoms with Gasteiger partial charge in [-0.05, 0) is 38.0 Å². The normalized spacial score (nSPS) is 18.2. The molecule has 0 spiro atoms. The van der Waals surface area contributed by atoms with E-state index in [1.807, 2.05) is 31.2 Å². The fraction of sp³-hybridized carbons (Fsp3) is 0.476. The van der Waals surface area contributed by atoms with Crippen molar-refractivity contribution in [3.63, 3.8) is 0 Å². The molecule has 0 radical (unpaired) electrons. The molecule has 8 heteroatoms. The standard InChI is InChI=1S/C21H25N5O3/c1-2-27-13-21(5-6-21)29-15-3-4-17-16(11-15)20(25-24-17)18-12-19(23-14-22-18)26-7-9-28-10-8-26/h3-4,11-12,14H,2,5-10,13H2,1H3,(H,24,25). The van der Waals surface area contributed by atoms with Crippen LogP contribution < -0.4 is 9.64 Å². The number of aromatic nitrogens is 4. The molecule has 0 unspecified atom stereocenters. The van der Waals surface area contributed by atoms with Crippen molar-refractivity contribution in [3.8, 4) is 17.1 Å². The van der Waals surface area contributed by atoms with Crippen LogP contribution in [-0.2, 0) is 9.47 Å². The molecule has 1 aromatic carbocycles. The Kier molecular flexibility index (Phi) is 4.81. The van der Waals surface area contributed by atoms with Crippen LogP contribution in [0.4, 0.5) is 5.82 Å². The van der Waals surface area contributed by atoms with Gasteiger partial charge in [0, 0.05) is 31.1 Å². The molecule has 8 nitrogen and oxygen atoms in total. The van der Waals surface area contributed by atoms with E-state index in [2.05, 4.69) is 25.1 Å². The van der Waals surface area contributed by atoms with E-state index >= 15 is 0 Å². The van der Waals surface area contributed by atoms with Gasteiger partial charge in [0.25, 0.3) is 0 Å². The first-order valence-corrected chi connectivity index (χ1v) is 10.2. The van der Waals surface area contributed by atoms with Crippen LogP contribution in [0, 0.1) is 0 Å². The second kappa shape index (κ2) is 7.61. The zero-order valence-electron chi connectivity index (χ0n) is 16.6. The van der Waals surface area contributed by atoms with Gasteiger partial charge < -0.3 is 19.1 Å². The number of nitrogens with one attached hydrogen (secondary N) is 1. The summed E-state index contributed by atoms with van der Waals surface area (Å²) < 4.78 is 17.3. The second-order valence-corrected chi connectivity index (χ2v) is 7.56. The summed E-state index contributed by atoms with van der Waals surface area (Å²) in [7, 11) is 0. The van der Waals surface area contributed by atoms with Crippen molar-refractivity contribution < 1.29 is 14.2 Å². The van der Waals surface area contributed by atoms with E-state index in [0.717, 1.165) is 73.0 Å².